The van der Waals surface area contributed by atoms with E-state index in [1.807, 2.05) is 0 Å². The highest BCUT2D eigenvalue weighted by Gasteiger charge is 2.11. The molecule has 0 aromatic heterocycles. The number of hydrogen-bond acceptors (Lipinski definition) is 1. The molecule has 0 radical (unpaired) electrons. The number of nitrogens with zero attached hydrogens (tertiary/aromatic N) is 2. The minimum Gasteiger partial charge on any atom is -1.00 e. The van der Waals surface area contributed by atoms with Crippen molar-refractivity contribution in [3.8, 4) is 0 Å². The summed E-state index contributed by atoms with van der Waals surface area (Å²) in [5, 5.41) is 0. The van der Waals surface area contributed by atoms with Crippen molar-refractivity contribution in [2.24, 2.45) is 4.99 Å². The van der Waals surface area contributed by atoms with Gasteiger partial charge in [-0.25, -0.2) is 4.99 Å². The summed E-state index contributed by atoms with van der Waals surface area (Å²) in [4.78, 5) is 4.03. The Morgan fingerprint density at radius 1 is 1.42 bits per heavy atom. The summed E-state index contributed by atoms with van der Waals surface area (Å²) in [5.41, 5.74) is 0. The predicted molar refractivity (Wildman–Crippen MR) is 55.7 cm³/mol. The largest absolute Gasteiger partial charge is 1.00 e. The fraction of sp³-hybridized carbons (Fsp3) is 0.750. The minimum absolute atomic E-state index is 0. The van der Waals surface area contributed by atoms with E-state index in [1.165, 1.54) is 0 Å². The molecule has 0 saturated heterocycles. The highest BCUT2D eigenvalue weighted by Crippen LogP contribution is 1.96. The van der Waals surface area contributed by atoms with Crippen LogP contribution in [-0.4, -0.2) is 44.1 Å². The van der Waals surface area contributed by atoms with E-state index in [0.29, 0.717) is 6.04 Å². The molecule has 2 nitrogen and oxygen atoms in total. The van der Waals surface area contributed by atoms with E-state index in [-0.39, 0.29) is 34.0 Å². The zero-order chi connectivity index (χ0) is 8.20. The van der Waals surface area contributed by atoms with E-state index in [2.05, 4.69) is 45.5 Å². The van der Waals surface area contributed by atoms with Crippen LogP contribution >= 0.6 is 17.0 Å². The van der Waals surface area contributed by atoms with Gasteiger partial charge in [-0.2, -0.15) is 0 Å². The summed E-state index contributed by atoms with van der Waals surface area (Å²) in [6.07, 6.45) is 0. The smallest absolute Gasteiger partial charge is 0.105 e. The molecule has 1 atom stereocenters. The maximum absolute atomic E-state index is 4.03. The van der Waals surface area contributed by atoms with Crippen LogP contribution in [0.15, 0.2) is 11.6 Å². The highest BCUT2D eigenvalue weighted by molar-refractivity contribution is 8.93. The van der Waals surface area contributed by atoms with Crippen LogP contribution in [0.4, 0.5) is 0 Å². The van der Waals surface area contributed by atoms with Crippen LogP contribution in [-0.2, 0) is 0 Å². The zero-order valence-electron chi connectivity index (χ0n) is 8.17. The molecule has 0 aromatic carbocycles. The molecule has 0 aliphatic carbocycles. The van der Waals surface area contributed by atoms with Gasteiger partial charge in [0.25, 0.3) is 0 Å². The van der Waals surface area contributed by atoms with Crippen molar-refractivity contribution in [3.63, 3.8) is 0 Å². The Bertz CT molecular complexity index is 146. The number of halogens is 2. The summed E-state index contributed by atoms with van der Waals surface area (Å²) < 4.78 is 0.937. The van der Waals surface area contributed by atoms with E-state index in [9.17, 15) is 0 Å². The van der Waals surface area contributed by atoms with Crippen LogP contribution in [0.1, 0.15) is 6.92 Å². The molecule has 0 aliphatic rings. The Balaban J connectivity index is -0.000000405. The lowest BCUT2D eigenvalue weighted by Gasteiger charge is -2.25. The molecule has 12 heavy (non-hydrogen) atoms. The van der Waals surface area contributed by atoms with E-state index < -0.39 is 0 Å². The molecule has 0 fully saturated rings. The van der Waals surface area contributed by atoms with E-state index in [4.69, 9.17) is 0 Å². The SMILES string of the molecule is Br.C=C=NC(C)C[N+](C)(C)C.[Br-]. The Morgan fingerprint density at radius 3 is 2.08 bits per heavy atom. The molecule has 0 aromatic rings. The van der Waals surface area contributed by atoms with Crippen molar-refractivity contribution < 1.29 is 21.5 Å². The maximum atomic E-state index is 4.03. The first kappa shape index (κ1) is 18.2. The fourth-order valence-electron chi connectivity index (χ4n) is 0.989. The van der Waals surface area contributed by atoms with E-state index in [0.717, 1.165) is 11.0 Å². The van der Waals surface area contributed by atoms with Crippen LogP contribution < -0.4 is 17.0 Å². The van der Waals surface area contributed by atoms with Gasteiger partial charge in [0, 0.05) is 0 Å². The predicted octanol–water partition coefficient (Wildman–Crippen LogP) is -1.48. The molecule has 1 unspecified atom stereocenters. The van der Waals surface area contributed by atoms with Gasteiger partial charge in [-0.15, -0.1) is 17.0 Å². The van der Waals surface area contributed by atoms with Gasteiger partial charge in [0.05, 0.1) is 21.1 Å². The van der Waals surface area contributed by atoms with E-state index >= 15 is 0 Å². The van der Waals surface area contributed by atoms with Crippen LogP contribution in [0.25, 0.3) is 0 Å². The topological polar surface area (TPSA) is 12.4 Å². The van der Waals surface area contributed by atoms with Crippen LogP contribution in [0, 0.1) is 0 Å². The lowest BCUT2D eigenvalue weighted by Crippen LogP contribution is -3.00. The van der Waals surface area contributed by atoms with Gasteiger partial charge in [0.1, 0.15) is 12.6 Å². The molecule has 0 heterocycles. The van der Waals surface area contributed by atoms with Gasteiger partial charge in [-0.05, 0) is 19.4 Å². The molecular weight excluding hydrogens is 284 g/mol. The first-order valence-electron chi connectivity index (χ1n) is 3.48. The van der Waals surface area contributed by atoms with Crippen molar-refractivity contribution in [2.45, 2.75) is 13.0 Å². The van der Waals surface area contributed by atoms with Gasteiger partial charge in [0.15, 0.2) is 0 Å². The quantitative estimate of drug-likeness (QED) is 0.445. The summed E-state index contributed by atoms with van der Waals surface area (Å²) in [5.74, 6) is 2.56. The summed E-state index contributed by atoms with van der Waals surface area (Å²) in [7, 11) is 6.44. The Morgan fingerprint density at radius 2 is 1.83 bits per heavy atom. The first-order valence-corrected chi connectivity index (χ1v) is 3.48. The number of quaternary nitrogens is 1. The summed E-state index contributed by atoms with van der Waals surface area (Å²) in [6, 6.07) is 0.331. The molecule has 0 spiro atoms. The van der Waals surface area contributed by atoms with Gasteiger partial charge < -0.3 is 21.5 Å². The fourth-order valence-corrected chi connectivity index (χ4v) is 0.989. The van der Waals surface area contributed by atoms with Crippen molar-refractivity contribution in [1.29, 1.82) is 0 Å². The summed E-state index contributed by atoms with van der Waals surface area (Å²) in [6.45, 7) is 6.53. The Kier molecular flexibility index (Phi) is 12.1. The molecule has 0 saturated carbocycles. The molecule has 0 N–H and O–H groups in total. The summed E-state index contributed by atoms with van der Waals surface area (Å²) >= 11 is 0. The second-order valence-electron chi connectivity index (χ2n) is 3.61. The van der Waals surface area contributed by atoms with Crippen LogP contribution in [0.5, 0.6) is 0 Å². The second-order valence-corrected chi connectivity index (χ2v) is 3.61. The third-order valence-corrected chi connectivity index (χ3v) is 1.12. The highest BCUT2D eigenvalue weighted by atomic mass is 79.9. The second kappa shape index (κ2) is 7.99. The minimum atomic E-state index is 0. The monoisotopic (exact) mass is 300 g/mol. The van der Waals surface area contributed by atoms with Crippen LogP contribution in [0.3, 0.4) is 0 Å². The lowest BCUT2D eigenvalue weighted by atomic mass is 10.3. The molecule has 0 aliphatic heterocycles. The molecule has 0 amide bonds. The number of rotatable bonds is 3. The molecule has 74 valence electrons. The maximum Gasteiger partial charge on any atom is 0.105 e. The molecule has 0 rings (SSSR count). The molecule has 4 heteroatoms. The molecular formula is C8H18Br2N2. The zero-order valence-corrected chi connectivity index (χ0v) is 11.5. The van der Waals surface area contributed by atoms with Gasteiger partial charge in [0.2, 0.25) is 0 Å². The van der Waals surface area contributed by atoms with E-state index in [1.54, 1.807) is 0 Å². The third kappa shape index (κ3) is 13.0. The number of aliphatic imine (C=N–C) groups is 1. The normalized spacial score (nSPS) is 11.7. The average Bonchev–Trinajstić information content (AvgIpc) is 1.59. The van der Waals surface area contributed by atoms with Gasteiger partial charge >= 0.3 is 0 Å². The average molecular weight is 302 g/mol. The van der Waals surface area contributed by atoms with Crippen molar-refractivity contribution in [3.05, 3.63) is 6.58 Å². The van der Waals surface area contributed by atoms with Crippen molar-refractivity contribution >= 4 is 22.9 Å². The van der Waals surface area contributed by atoms with Crippen molar-refractivity contribution in [2.75, 3.05) is 27.7 Å². The van der Waals surface area contributed by atoms with Gasteiger partial charge in [-0.1, -0.05) is 0 Å². The lowest BCUT2D eigenvalue weighted by molar-refractivity contribution is -0.871. The number of likely N-dealkylation sites (N-methyl/N-ethyl adjacent to an activating group) is 1. The Hall–Kier alpha value is 0.370. The number of hydrogen-bond donors (Lipinski definition) is 0. The third-order valence-electron chi connectivity index (χ3n) is 1.12. The van der Waals surface area contributed by atoms with Crippen LogP contribution in [0.2, 0.25) is 0 Å². The van der Waals surface area contributed by atoms with Gasteiger partial charge in [-0.3, -0.25) is 0 Å². The van der Waals surface area contributed by atoms with Crippen molar-refractivity contribution in [1.82, 2.24) is 0 Å². The Labute approximate surface area is 96.5 Å². The molecule has 0 bridgehead atoms. The standard InChI is InChI=1S/C8H17N2.2BrH/c1-6-9-8(2)7-10(3,4)5;;/h8H,1,7H2,2-5H3;2*1H/q+1;;/p-1. The first-order chi connectivity index (χ1) is 4.45.